The number of fused-ring (bicyclic) bond motifs is 1. The highest BCUT2D eigenvalue weighted by atomic mass is 32.2. The molecule has 0 aromatic heterocycles. The van der Waals surface area contributed by atoms with Crippen molar-refractivity contribution in [3.8, 4) is 11.5 Å². The minimum absolute atomic E-state index is 0.264. The summed E-state index contributed by atoms with van der Waals surface area (Å²) in [6, 6.07) is 7.52. The first kappa shape index (κ1) is 34.4. The Morgan fingerprint density at radius 1 is 1.07 bits per heavy atom. The van der Waals surface area contributed by atoms with Crippen molar-refractivity contribution in [1.29, 1.82) is 0 Å². The number of rotatable bonds is 11. The summed E-state index contributed by atoms with van der Waals surface area (Å²) in [4.78, 5) is 38.6. The van der Waals surface area contributed by atoms with Crippen LogP contribution in [0.5, 0.6) is 11.5 Å². The Morgan fingerprint density at radius 2 is 1.73 bits per heavy atom. The summed E-state index contributed by atoms with van der Waals surface area (Å²) in [7, 11) is 1.49. The van der Waals surface area contributed by atoms with E-state index in [0.29, 0.717) is 18.1 Å². The highest BCUT2D eigenvalue weighted by Gasteiger charge is 2.35. The predicted molar refractivity (Wildman–Crippen MR) is 180 cm³/mol. The van der Waals surface area contributed by atoms with Crippen molar-refractivity contribution in [3.63, 3.8) is 0 Å². The Kier molecular flexibility index (Phi) is 10.6. The number of likely N-dealkylation sites (N-methyl/N-ethyl adjacent to an activating group) is 1. The van der Waals surface area contributed by atoms with E-state index < -0.39 is 11.7 Å². The molecule has 0 radical (unpaired) electrons. The zero-order valence-electron chi connectivity index (χ0n) is 28.0. The van der Waals surface area contributed by atoms with E-state index in [4.69, 9.17) is 9.47 Å². The van der Waals surface area contributed by atoms with E-state index in [1.54, 1.807) is 6.08 Å². The lowest BCUT2D eigenvalue weighted by atomic mass is 9.84. The Bertz CT molecular complexity index is 1480. The van der Waals surface area contributed by atoms with Crippen molar-refractivity contribution in [1.82, 2.24) is 9.80 Å². The molecule has 2 heterocycles. The number of thioether (sulfide) groups is 1. The monoisotopic (exact) mass is 636 g/mol. The molecule has 2 aromatic carbocycles. The zero-order chi connectivity index (χ0) is 33.1. The van der Waals surface area contributed by atoms with Gasteiger partial charge in [-0.25, -0.2) is 4.79 Å². The third-order valence-corrected chi connectivity index (χ3v) is 10.1. The van der Waals surface area contributed by atoms with Gasteiger partial charge < -0.3 is 19.5 Å². The van der Waals surface area contributed by atoms with E-state index in [2.05, 4.69) is 27.7 Å². The van der Waals surface area contributed by atoms with E-state index >= 15 is 0 Å². The second kappa shape index (κ2) is 13.9. The van der Waals surface area contributed by atoms with Crippen molar-refractivity contribution in [2.24, 2.45) is 0 Å². The highest BCUT2D eigenvalue weighted by Crippen LogP contribution is 2.42. The van der Waals surface area contributed by atoms with Crippen molar-refractivity contribution in [2.45, 2.75) is 105 Å². The summed E-state index contributed by atoms with van der Waals surface area (Å²) < 4.78 is 12.9. The molecular weight excluding hydrogens is 588 g/mol. The molecule has 2 aliphatic heterocycles. The second-order valence-corrected chi connectivity index (χ2v) is 14.6. The largest absolute Gasteiger partial charge is 0.489 e. The highest BCUT2D eigenvalue weighted by molar-refractivity contribution is 8.18. The fraction of sp³-hybridized carbons (Fsp3) is 0.528. The molecule has 8 nitrogen and oxygen atoms in total. The van der Waals surface area contributed by atoms with Gasteiger partial charge in [0.15, 0.2) is 0 Å². The summed E-state index contributed by atoms with van der Waals surface area (Å²) in [5.74, 6) is 1.43. The standard InChI is InChI=1S/C36H48N2O6S/c1-23-24(2)31-29(25(3)28(23)13-11-9-10-12-20-38(33(40)41)35(4,5)6)18-19-36(7,44-31)22-43-27-16-14-26(15-17-27)21-30-32(39)37(8)34(42)45-30/h14-17,21H,9-13,18-20,22H2,1-8H3,(H,40,41). The van der Waals surface area contributed by atoms with E-state index in [9.17, 15) is 19.5 Å². The minimum atomic E-state index is -0.849. The van der Waals surface area contributed by atoms with Crippen LogP contribution in [0.4, 0.5) is 9.59 Å². The first-order chi connectivity index (χ1) is 21.1. The summed E-state index contributed by atoms with van der Waals surface area (Å²) in [5.41, 5.74) is 6.52. The van der Waals surface area contributed by atoms with Crippen LogP contribution in [0.2, 0.25) is 0 Å². The second-order valence-electron chi connectivity index (χ2n) is 13.6. The normalized spacial score (nSPS) is 19.1. The van der Waals surface area contributed by atoms with Crippen LogP contribution >= 0.6 is 11.8 Å². The van der Waals surface area contributed by atoms with E-state index in [1.807, 2.05) is 45.0 Å². The Balaban J connectivity index is 1.32. The molecule has 1 unspecified atom stereocenters. The van der Waals surface area contributed by atoms with E-state index in [0.717, 1.165) is 78.7 Å². The first-order valence-corrected chi connectivity index (χ1v) is 16.7. The molecule has 0 bridgehead atoms. The van der Waals surface area contributed by atoms with Crippen LogP contribution in [-0.4, -0.2) is 63.5 Å². The van der Waals surface area contributed by atoms with Gasteiger partial charge in [-0.05, 0) is 144 Å². The van der Waals surface area contributed by atoms with Gasteiger partial charge >= 0.3 is 6.09 Å². The molecule has 0 saturated carbocycles. The van der Waals surface area contributed by atoms with Crippen LogP contribution in [-0.2, 0) is 17.6 Å². The molecule has 0 aliphatic carbocycles. The van der Waals surface area contributed by atoms with Crippen molar-refractivity contribution in [3.05, 3.63) is 62.6 Å². The smallest absolute Gasteiger partial charge is 0.407 e. The van der Waals surface area contributed by atoms with Crippen LogP contribution < -0.4 is 9.47 Å². The zero-order valence-corrected chi connectivity index (χ0v) is 28.9. The molecule has 1 atom stereocenters. The Labute approximate surface area is 272 Å². The molecule has 3 amide bonds. The lowest BCUT2D eigenvalue weighted by Gasteiger charge is -2.38. The number of carbonyl (C=O) groups is 3. The fourth-order valence-corrected chi connectivity index (χ4v) is 6.92. The average molecular weight is 637 g/mol. The molecule has 9 heteroatoms. The van der Waals surface area contributed by atoms with Gasteiger partial charge in [0.2, 0.25) is 0 Å². The number of carboxylic acid groups (broad SMARTS) is 1. The lowest BCUT2D eigenvalue weighted by Crippen LogP contribution is -2.45. The van der Waals surface area contributed by atoms with E-state index in [-0.39, 0.29) is 16.7 Å². The van der Waals surface area contributed by atoms with Crippen molar-refractivity contribution in [2.75, 3.05) is 20.2 Å². The van der Waals surface area contributed by atoms with Gasteiger partial charge in [0.25, 0.3) is 11.1 Å². The molecule has 2 aromatic rings. The molecule has 1 N–H and O–H groups in total. The molecule has 4 rings (SSSR count). The van der Waals surface area contributed by atoms with Gasteiger partial charge in [-0.15, -0.1) is 0 Å². The number of imide groups is 1. The number of ether oxygens (including phenoxy) is 2. The van der Waals surface area contributed by atoms with Crippen LogP contribution in [0, 0.1) is 20.8 Å². The summed E-state index contributed by atoms with van der Waals surface area (Å²) in [6.45, 7) is 15.5. The minimum Gasteiger partial charge on any atom is -0.489 e. The number of hydrogen-bond acceptors (Lipinski definition) is 6. The van der Waals surface area contributed by atoms with Gasteiger partial charge in [0.1, 0.15) is 23.7 Å². The maximum atomic E-state index is 12.2. The van der Waals surface area contributed by atoms with Crippen LogP contribution in [0.15, 0.2) is 29.2 Å². The number of nitrogens with zero attached hydrogens (tertiary/aromatic N) is 2. The molecule has 2 aliphatic rings. The Hall–Kier alpha value is -3.46. The SMILES string of the molecule is Cc1c(C)c2c(c(C)c1CCCCCCN(C(=O)O)C(C)(C)C)CCC(C)(COc1ccc(C=C3SC(=O)N(C)C3=O)cc1)O2. The quantitative estimate of drug-likeness (QED) is 0.196. The number of unbranched alkanes of at least 4 members (excludes halogenated alkanes) is 3. The summed E-state index contributed by atoms with van der Waals surface area (Å²) in [5, 5.41) is 9.25. The number of amides is 3. The van der Waals surface area contributed by atoms with Crippen molar-refractivity contribution >= 4 is 35.1 Å². The molecule has 0 spiro atoms. The molecule has 1 saturated heterocycles. The number of benzene rings is 2. The predicted octanol–water partition coefficient (Wildman–Crippen LogP) is 8.32. The van der Waals surface area contributed by atoms with Crippen LogP contribution in [0.1, 0.15) is 93.2 Å². The number of hydrogen-bond donors (Lipinski definition) is 1. The van der Waals surface area contributed by atoms with Gasteiger partial charge in [-0.2, -0.15) is 0 Å². The van der Waals surface area contributed by atoms with E-state index in [1.165, 1.54) is 39.8 Å². The van der Waals surface area contributed by atoms with Gasteiger partial charge in [0, 0.05) is 19.1 Å². The van der Waals surface area contributed by atoms with Gasteiger partial charge in [-0.3, -0.25) is 14.5 Å². The topological polar surface area (TPSA) is 96.4 Å². The first-order valence-electron chi connectivity index (χ1n) is 15.9. The third kappa shape index (κ3) is 8.04. The maximum absolute atomic E-state index is 12.2. The summed E-state index contributed by atoms with van der Waals surface area (Å²) >= 11 is 0.949. The summed E-state index contributed by atoms with van der Waals surface area (Å²) in [6.07, 6.45) is 7.71. The van der Waals surface area contributed by atoms with Crippen LogP contribution in [0.25, 0.3) is 6.08 Å². The molecule has 244 valence electrons. The maximum Gasteiger partial charge on any atom is 0.407 e. The molecule has 1 fully saturated rings. The van der Waals surface area contributed by atoms with Crippen molar-refractivity contribution < 1.29 is 29.0 Å². The lowest BCUT2D eigenvalue weighted by molar-refractivity contribution is -0.121. The molecular formula is C36H48N2O6S. The molecule has 45 heavy (non-hydrogen) atoms. The Morgan fingerprint density at radius 3 is 2.33 bits per heavy atom. The number of carbonyl (C=O) groups excluding carboxylic acids is 2. The third-order valence-electron chi connectivity index (χ3n) is 9.10. The van der Waals surface area contributed by atoms with Gasteiger partial charge in [0.05, 0.1) is 4.91 Å². The van der Waals surface area contributed by atoms with Crippen LogP contribution in [0.3, 0.4) is 0 Å². The fourth-order valence-electron chi connectivity index (χ4n) is 6.10. The van der Waals surface area contributed by atoms with Gasteiger partial charge in [-0.1, -0.05) is 25.0 Å². The average Bonchev–Trinajstić information content (AvgIpc) is 3.21.